The van der Waals surface area contributed by atoms with E-state index >= 15 is 0 Å². The van der Waals surface area contributed by atoms with E-state index < -0.39 is 31.1 Å². The molecule has 0 saturated carbocycles. The largest absolute Gasteiger partial charge is 0.396 e. The van der Waals surface area contributed by atoms with Gasteiger partial charge in [-0.25, -0.2) is 15.0 Å². The third-order valence-corrected chi connectivity index (χ3v) is 4.28. The number of rotatable bonds is 8. The van der Waals surface area contributed by atoms with Gasteiger partial charge in [0.25, 0.3) is 0 Å². The SMILES string of the molecule is OCCCCCNc1ncnc2c1ncn2C1O[C@H](CO)[C@@H](O)[C@H]1O. The summed E-state index contributed by atoms with van der Waals surface area (Å²) in [5, 5.41) is 41.3. The van der Waals surface area contributed by atoms with Gasteiger partial charge in [-0.3, -0.25) is 4.57 Å². The number of anilines is 1. The first-order chi connectivity index (χ1) is 12.2. The molecule has 25 heavy (non-hydrogen) atoms. The molecule has 1 aliphatic heterocycles. The fraction of sp³-hybridized carbons (Fsp3) is 0.667. The van der Waals surface area contributed by atoms with Gasteiger partial charge in [0, 0.05) is 13.2 Å². The Morgan fingerprint density at radius 2 is 1.92 bits per heavy atom. The standard InChI is InChI=1S/C15H23N5O5/c21-5-3-1-2-4-16-13-10-14(18-7-17-13)20(8-19-10)15-12(24)11(23)9(6-22)25-15/h7-9,11-12,15,21-24H,1-6H2,(H,16,17,18)/t9-,11-,12-,15?/m1/s1. The highest BCUT2D eigenvalue weighted by Gasteiger charge is 2.44. The molecule has 0 aliphatic carbocycles. The smallest absolute Gasteiger partial charge is 0.167 e. The predicted molar refractivity (Wildman–Crippen MR) is 87.8 cm³/mol. The molecule has 0 radical (unpaired) electrons. The highest BCUT2D eigenvalue weighted by atomic mass is 16.6. The zero-order chi connectivity index (χ0) is 17.8. The molecule has 4 atom stereocenters. The minimum Gasteiger partial charge on any atom is -0.396 e. The summed E-state index contributed by atoms with van der Waals surface area (Å²) in [4.78, 5) is 12.7. The third-order valence-electron chi connectivity index (χ3n) is 4.28. The number of nitrogens with zero attached hydrogens (tertiary/aromatic N) is 4. The number of imidazole rings is 1. The molecule has 3 rings (SSSR count). The maximum atomic E-state index is 10.2. The summed E-state index contributed by atoms with van der Waals surface area (Å²) in [7, 11) is 0. The van der Waals surface area contributed by atoms with Crippen molar-refractivity contribution in [2.75, 3.05) is 25.1 Å². The normalized spacial score (nSPS) is 26.4. The van der Waals surface area contributed by atoms with Gasteiger partial charge in [-0.1, -0.05) is 0 Å². The number of ether oxygens (including phenoxy) is 1. The van der Waals surface area contributed by atoms with Crippen molar-refractivity contribution in [1.82, 2.24) is 19.5 Å². The Kier molecular flexibility index (Phi) is 5.76. The quantitative estimate of drug-likeness (QED) is 0.378. The van der Waals surface area contributed by atoms with Crippen LogP contribution in [-0.4, -0.2) is 78.0 Å². The van der Waals surface area contributed by atoms with Crippen LogP contribution in [0, 0.1) is 0 Å². The zero-order valence-electron chi connectivity index (χ0n) is 13.7. The topological polar surface area (TPSA) is 146 Å². The van der Waals surface area contributed by atoms with Crippen molar-refractivity contribution < 1.29 is 25.2 Å². The van der Waals surface area contributed by atoms with E-state index in [1.165, 1.54) is 17.2 Å². The van der Waals surface area contributed by atoms with Gasteiger partial charge in [-0.15, -0.1) is 0 Å². The molecule has 10 nitrogen and oxygen atoms in total. The summed E-state index contributed by atoms with van der Waals surface area (Å²) >= 11 is 0. The molecule has 138 valence electrons. The van der Waals surface area contributed by atoms with E-state index in [1.807, 2.05) is 0 Å². The lowest BCUT2D eigenvalue weighted by molar-refractivity contribution is -0.0511. The van der Waals surface area contributed by atoms with Crippen LogP contribution < -0.4 is 5.32 Å². The van der Waals surface area contributed by atoms with Gasteiger partial charge in [0.15, 0.2) is 23.2 Å². The average Bonchev–Trinajstić information content (AvgIpc) is 3.17. The first-order valence-corrected chi connectivity index (χ1v) is 8.32. The van der Waals surface area contributed by atoms with E-state index in [4.69, 9.17) is 9.84 Å². The first kappa shape index (κ1) is 18.0. The van der Waals surface area contributed by atoms with Crippen LogP contribution in [0.15, 0.2) is 12.7 Å². The molecule has 1 unspecified atom stereocenters. The molecule has 2 aromatic rings. The molecule has 0 aromatic carbocycles. The Hall–Kier alpha value is -1.85. The van der Waals surface area contributed by atoms with E-state index in [2.05, 4.69) is 20.3 Å². The van der Waals surface area contributed by atoms with E-state index in [0.717, 1.165) is 19.3 Å². The minimum atomic E-state index is -1.19. The zero-order valence-corrected chi connectivity index (χ0v) is 13.7. The number of hydrogen-bond acceptors (Lipinski definition) is 9. The van der Waals surface area contributed by atoms with Crippen molar-refractivity contribution in [3.63, 3.8) is 0 Å². The molecule has 1 fully saturated rings. The van der Waals surface area contributed by atoms with Crippen LogP contribution in [0.3, 0.4) is 0 Å². The van der Waals surface area contributed by atoms with Gasteiger partial charge >= 0.3 is 0 Å². The fourth-order valence-corrected chi connectivity index (χ4v) is 2.90. The summed E-state index contributed by atoms with van der Waals surface area (Å²) in [6.07, 6.45) is 1.30. The second-order valence-corrected chi connectivity index (χ2v) is 5.99. The van der Waals surface area contributed by atoms with Crippen LogP contribution >= 0.6 is 0 Å². The maximum absolute atomic E-state index is 10.2. The summed E-state index contributed by atoms with van der Waals surface area (Å²) < 4.78 is 7.05. The maximum Gasteiger partial charge on any atom is 0.167 e. The van der Waals surface area contributed by atoms with Gasteiger partial charge in [0.05, 0.1) is 12.9 Å². The number of aliphatic hydroxyl groups excluding tert-OH is 4. The van der Waals surface area contributed by atoms with Gasteiger partial charge in [-0.05, 0) is 19.3 Å². The summed E-state index contributed by atoms with van der Waals surface area (Å²) in [6.45, 7) is 0.483. The van der Waals surface area contributed by atoms with Crippen molar-refractivity contribution in [2.24, 2.45) is 0 Å². The summed E-state index contributed by atoms with van der Waals surface area (Å²) in [5.41, 5.74) is 0.991. The van der Waals surface area contributed by atoms with Gasteiger partial charge in [0.2, 0.25) is 0 Å². The Morgan fingerprint density at radius 3 is 2.64 bits per heavy atom. The average molecular weight is 353 g/mol. The highest BCUT2D eigenvalue weighted by Crippen LogP contribution is 2.32. The van der Waals surface area contributed by atoms with E-state index in [1.54, 1.807) is 0 Å². The lowest BCUT2D eigenvalue weighted by atomic mass is 10.1. The van der Waals surface area contributed by atoms with Crippen molar-refractivity contribution in [2.45, 2.75) is 43.8 Å². The Bertz CT molecular complexity index is 696. The monoisotopic (exact) mass is 353 g/mol. The van der Waals surface area contributed by atoms with Crippen molar-refractivity contribution in [1.29, 1.82) is 0 Å². The molecule has 2 aromatic heterocycles. The Balaban J connectivity index is 1.77. The molecule has 3 heterocycles. The number of aliphatic hydroxyl groups is 4. The molecule has 1 aliphatic rings. The fourth-order valence-electron chi connectivity index (χ4n) is 2.90. The van der Waals surface area contributed by atoms with Crippen LogP contribution in [0.5, 0.6) is 0 Å². The van der Waals surface area contributed by atoms with Crippen molar-refractivity contribution >= 4 is 17.0 Å². The van der Waals surface area contributed by atoms with E-state index in [0.29, 0.717) is 23.5 Å². The van der Waals surface area contributed by atoms with Crippen LogP contribution in [0.25, 0.3) is 11.2 Å². The van der Waals surface area contributed by atoms with Crippen LogP contribution in [-0.2, 0) is 4.74 Å². The lowest BCUT2D eigenvalue weighted by Crippen LogP contribution is -2.33. The molecule has 0 amide bonds. The molecular weight excluding hydrogens is 330 g/mol. The van der Waals surface area contributed by atoms with Gasteiger partial charge in [-0.2, -0.15) is 0 Å². The number of unbranched alkanes of at least 4 members (excludes halogenated alkanes) is 2. The highest BCUT2D eigenvalue weighted by molar-refractivity contribution is 5.82. The lowest BCUT2D eigenvalue weighted by Gasteiger charge is -2.16. The van der Waals surface area contributed by atoms with Crippen molar-refractivity contribution in [3.05, 3.63) is 12.7 Å². The second kappa shape index (κ2) is 8.02. The Morgan fingerprint density at radius 1 is 1.08 bits per heavy atom. The molecule has 10 heteroatoms. The first-order valence-electron chi connectivity index (χ1n) is 8.32. The van der Waals surface area contributed by atoms with Crippen LogP contribution in [0.2, 0.25) is 0 Å². The summed E-state index contributed by atoms with van der Waals surface area (Å²) in [6, 6.07) is 0. The second-order valence-electron chi connectivity index (χ2n) is 5.99. The third kappa shape index (κ3) is 3.58. The Labute approximate surface area is 144 Å². The molecule has 0 spiro atoms. The molecular formula is C15H23N5O5. The van der Waals surface area contributed by atoms with E-state index in [-0.39, 0.29) is 6.61 Å². The predicted octanol–water partition coefficient (Wildman–Crippen LogP) is -0.988. The van der Waals surface area contributed by atoms with Gasteiger partial charge in [0.1, 0.15) is 24.6 Å². The number of aromatic nitrogens is 4. The molecule has 1 saturated heterocycles. The van der Waals surface area contributed by atoms with Gasteiger partial charge < -0.3 is 30.5 Å². The van der Waals surface area contributed by atoms with E-state index in [9.17, 15) is 15.3 Å². The molecule has 5 N–H and O–H groups in total. The van der Waals surface area contributed by atoms with Crippen molar-refractivity contribution in [3.8, 4) is 0 Å². The summed E-state index contributed by atoms with van der Waals surface area (Å²) in [5.74, 6) is 0.569. The minimum absolute atomic E-state index is 0.187. The van der Waals surface area contributed by atoms with Crippen LogP contribution in [0.4, 0.5) is 5.82 Å². The number of hydrogen-bond donors (Lipinski definition) is 5. The number of fused-ring (bicyclic) bond motifs is 1. The van der Waals surface area contributed by atoms with Crippen LogP contribution in [0.1, 0.15) is 25.5 Å². The number of nitrogens with one attached hydrogen (secondary N) is 1. The molecule has 0 bridgehead atoms.